The second-order valence-electron chi connectivity index (χ2n) is 19.0. The maximum atomic E-state index is 16.2. The SMILES string of the molecule is Cc1nc2ccc(N3CCC(O)(c4ccccc4)CC3)cc2c(-c2ccc(F)cc2)c1C(CF)C(=O)C(CF)c1c(C)nc2ccc(N3CCC(O)(c4ccccc4)CC3)cc2c1-c1ccc(F)cc1. The summed E-state index contributed by atoms with van der Waals surface area (Å²) in [5.74, 6) is -4.67. The highest BCUT2D eigenvalue weighted by atomic mass is 19.1. The first kappa shape index (κ1) is 46.8. The lowest BCUT2D eigenvalue weighted by Crippen LogP contribution is -2.42. The van der Waals surface area contributed by atoms with Crippen LogP contribution >= 0.6 is 0 Å². The lowest BCUT2D eigenvalue weighted by atomic mass is 9.78. The van der Waals surface area contributed by atoms with Crippen molar-refractivity contribution in [2.45, 2.75) is 62.6 Å². The third-order valence-electron chi connectivity index (χ3n) is 14.9. The molecule has 8 aromatic rings. The molecular formula is C59H54F4N4O3. The standard InChI is InChI=1S/C59H54F4N4O3/c1-37-53(55(39-13-17-43(62)18-14-39)47-33-45(21-23-51(47)64-37)66-29-25-58(69,26-30-66)41-9-5-3-6-10-41)49(35-60)57(68)50(36-61)54-38(2)65-52-24-22-46(34-48(52)56(54)40-15-19-44(63)20-16-40)67-31-27-59(70,28-32-67)42-11-7-4-8-12-42/h3-24,33-34,49-50,69-70H,25-32,35-36H2,1-2H3. The van der Waals surface area contributed by atoms with Crippen molar-refractivity contribution in [2.75, 3.05) is 49.3 Å². The second-order valence-corrected chi connectivity index (χ2v) is 19.0. The number of pyridine rings is 2. The molecule has 11 heteroatoms. The molecule has 2 N–H and O–H groups in total. The molecule has 0 amide bonds. The number of benzene rings is 6. The van der Waals surface area contributed by atoms with Crippen LogP contribution in [0.3, 0.4) is 0 Å². The first-order chi connectivity index (χ1) is 33.9. The van der Waals surface area contributed by atoms with Gasteiger partial charge in [0.2, 0.25) is 0 Å². The highest BCUT2D eigenvalue weighted by Crippen LogP contribution is 2.46. The number of aromatic nitrogens is 2. The Morgan fingerprint density at radius 1 is 0.543 bits per heavy atom. The average molecular weight is 943 g/mol. The van der Waals surface area contributed by atoms with E-state index >= 15 is 13.6 Å². The monoisotopic (exact) mass is 942 g/mol. The van der Waals surface area contributed by atoms with E-state index in [0.29, 0.717) is 107 Å². The number of aliphatic hydroxyl groups is 2. The lowest BCUT2D eigenvalue weighted by molar-refractivity contribution is -0.122. The van der Waals surface area contributed by atoms with E-state index in [-0.39, 0.29) is 11.1 Å². The molecule has 356 valence electrons. The molecule has 4 heterocycles. The number of hydrogen-bond donors (Lipinski definition) is 2. The molecule has 0 aliphatic carbocycles. The molecule has 0 radical (unpaired) electrons. The fourth-order valence-electron chi connectivity index (χ4n) is 11.1. The van der Waals surface area contributed by atoms with E-state index in [2.05, 4.69) is 9.80 Å². The lowest BCUT2D eigenvalue weighted by Gasteiger charge is -2.39. The molecule has 2 aliphatic rings. The van der Waals surface area contributed by atoms with Crippen molar-refractivity contribution in [2.24, 2.45) is 0 Å². The summed E-state index contributed by atoms with van der Waals surface area (Å²) in [5, 5.41) is 24.5. The largest absolute Gasteiger partial charge is 0.385 e. The van der Waals surface area contributed by atoms with Crippen LogP contribution in [0, 0.1) is 25.5 Å². The van der Waals surface area contributed by atoms with Gasteiger partial charge in [0.05, 0.1) is 34.1 Å². The number of fused-ring (bicyclic) bond motifs is 2. The van der Waals surface area contributed by atoms with E-state index < -0.39 is 53.8 Å². The van der Waals surface area contributed by atoms with Crippen LogP contribution in [0.5, 0.6) is 0 Å². The van der Waals surface area contributed by atoms with Crippen LogP contribution in [0.1, 0.15) is 71.2 Å². The van der Waals surface area contributed by atoms with Crippen LogP contribution in [0.4, 0.5) is 28.9 Å². The van der Waals surface area contributed by atoms with E-state index in [0.717, 1.165) is 22.5 Å². The van der Waals surface area contributed by atoms with Gasteiger partial charge in [-0.2, -0.15) is 0 Å². The Kier molecular flexibility index (Phi) is 12.8. The summed E-state index contributed by atoms with van der Waals surface area (Å²) >= 11 is 0. The fourth-order valence-corrected chi connectivity index (χ4v) is 11.1. The zero-order chi connectivity index (χ0) is 48.7. The van der Waals surface area contributed by atoms with Crippen LogP contribution in [0.25, 0.3) is 44.1 Å². The number of carbonyl (C=O) groups excluding carboxylic acids is 1. The molecule has 6 aromatic carbocycles. The van der Waals surface area contributed by atoms with E-state index in [4.69, 9.17) is 9.97 Å². The highest BCUT2D eigenvalue weighted by molar-refractivity contribution is 6.05. The topological polar surface area (TPSA) is 89.8 Å². The van der Waals surface area contributed by atoms with Crippen molar-refractivity contribution >= 4 is 39.0 Å². The molecule has 0 spiro atoms. The molecule has 2 fully saturated rings. The average Bonchev–Trinajstić information content (AvgIpc) is 3.38. The van der Waals surface area contributed by atoms with Gasteiger partial charge < -0.3 is 20.0 Å². The van der Waals surface area contributed by atoms with Crippen LogP contribution < -0.4 is 9.80 Å². The van der Waals surface area contributed by atoms with Crippen molar-refractivity contribution in [3.05, 3.63) is 191 Å². The summed E-state index contributed by atoms with van der Waals surface area (Å²) in [6.07, 6.45) is 1.95. The van der Waals surface area contributed by atoms with Gasteiger partial charge in [0.1, 0.15) is 25.0 Å². The summed E-state index contributed by atoms with van der Waals surface area (Å²) in [4.78, 5) is 29.6. The molecule has 7 nitrogen and oxygen atoms in total. The number of rotatable bonds is 12. The Labute approximate surface area is 405 Å². The predicted molar refractivity (Wildman–Crippen MR) is 270 cm³/mol. The number of alkyl halides is 2. The number of carbonyl (C=O) groups is 1. The number of anilines is 2. The number of halogens is 4. The molecular weight excluding hydrogens is 889 g/mol. The fraction of sp³-hybridized carbons (Fsp3) is 0.271. The normalized spacial score (nSPS) is 16.6. The first-order valence-corrected chi connectivity index (χ1v) is 24.0. The Morgan fingerprint density at radius 2 is 0.900 bits per heavy atom. The highest BCUT2D eigenvalue weighted by Gasteiger charge is 2.39. The summed E-state index contributed by atoms with van der Waals surface area (Å²) in [6.45, 7) is 3.25. The van der Waals surface area contributed by atoms with E-state index in [1.807, 2.05) is 97.1 Å². The summed E-state index contributed by atoms with van der Waals surface area (Å²) < 4.78 is 61.7. The Balaban J connectivity index is 1.06. The van der Waals surface area contributed by atoms with Crippen molar-refractivity contribution < 1.29 is 32.6 Å². The molecule has 2 saturated heterocycles. The van der Waals surface area contributed by atoms with Gasteiger partial charge in [0, 0.05) is 59.7 Å². The summed E-state index contributed by atoms with van der Waals surface area (Å²) in [6, 6.07) is 42.5. The number of ketones is 1. The Hall–Kier alpha value is -6.95. The molecule has 70 heavy (non-hydrogen) atoms. The van der Waals surface area contributed by atoms with Crippen molar-refractivity contribution in [3.8, 4) is 22.3 Å². The van der Waals surface area contributed by atoms with Crippen molar-refractivity contribution in [1.29, 1.82) is 0 Å². The molecule has 2 aromatic heterocycles. The van der Waals surface area contributed by atoms with Crippen molar-refractivity contribution in [3.63, 3.8) is 0 Å². The number of aryl methyl sites for hydroxylation is 2. The zero-order valence-corrected chi connectivity index (χ0v) is 39.2. The predicted octanol–water partition coefficient (Wildman–Crippen LogP) is 12.4. The molecule has 2 unspecified atom stereocenters. The second kappa shape index (κ2) is 19.1. The minimum absolute atomic E-state index is 0.275. The van der Waals surface area contributed by atoms with Gasteiger partial charge in [-0.15, -0.1) is 0 Å². The van der Waals surface area contributed by atoms with Gasteiger partial charge in [-0.25, -0.2) is 17.6 Å². The molecule has 2 atom stereocenters. The Morgan fingerprint density at radius 3 is 1.24 bits per heavy atom. The van der Waals surface area contributed by atoms with Gasteiger partial charge >= 0.3 is 0 Å². The van der Waals surface area contributed by atoms with Crippen molar-refractivity contribution in [1.82, 2.24) is 9.97 Å². The van der Waals surface area contributed by atoms with Gasteiger partial charge in [0.25, 0.3) is 0 Å². The smallest absolute Gasteiger partial charge is 0.153 e. The molecule has 2 aliphatic heterocycles. The maximum Gasteiger partial charge on any atom is 0.153 e. The number of nitrogens with zero attached hydrogens (tertiary/aromatic N) is 4. The first-order valence-electron chi connectivity index (χ1n) is 24.0. The number of hydrogen-bond acceptors (Lipinski definition) is 7. The summed E-state index contributed by atoms with van der Waals surface area (Å²) in [5.41, 5.74) is 5.95. The third kappa shape index (κ3) is 8.70. The zero-order valence-electron chi connectivity index (χ0n) is 39.2. The molecule has 0 saturated carbocycles. The van der Waals surface area contributed by atoms with Gasteiger partial charge in [-0.1, -0.05) is 84.9 Å². The summed E-state index contributed by atoms with van der Waals surface area (Å²) in [7, 11) is 0. The van der Waals surface area contributed by atoms with Crippen LogP contribution in [-0.4, -0.2) is 65.5 Å². The van der Waals surface area contributed by atoms with E-state index in [1.165, 1.54) is 24.3 Å². The third-order valence-corrected chi connectivity index (χ3v) is 14.9. The Bertz CT molecular complexity index is 2980. The number of Topliss-reactive ketones (excluding diaryl/α,β-unsaturated/α-hetero) is 1. The van der Waals surface area contributed by atoms with Crippen LogP contribution in [0.2, 0.25) is 0 Å². The number of piperidine rings is 2. The molecule has 10 rings (SSSR count). The van der Waals surface area contributed by atoms with E-state index in [9.17, 15) is 19.0 Å². The maximum absolute atomic E-state index is 16.2. The quantitative estimate of drug-likeness (QED) is 0.118. The van der Waals surface area contributed by atoms with Gasteiger partial charge in [-0.3, -0.25) is 14.8 Å². The van der Waals surface area contributed by atoms with Gasteiger partial charge in [-0.05, 0) is 145 Å². The van der Waals surface area contributed by atoms with Crippen LogP contribution in [0.15, 0.2) is 146 Å². The minimum atomic E-state index is -1.50. The van der Waals surface area contributed by atoms with E-state index in [1.54, 1.807) is 38.1 Å². The molecule has 0 bridgehead atoms. The van der Waals surface area contributed by atoms with Gasteiger partial charge in [0.15, 0.2) is 5.78 Å². The minimum Gasteiger partial charge on any atom is -0.385 e. The van der Waals surface area contributed by atoms with Crippen LogP contribution in [-0.2, 0) is 16.0 Å².